The first-order valence-corrected chi connectivity index (χ1v) is 8.81. The van der Waals surface area contributed by atoms with Crippen LogP contribution in [-0.4, -0.2) is 8.07 Å². The van der Waals surface area contributed by atoms with Crippen molar-refractivity contribution in [1.29, 1.82) is 0 Å². The molecule has 0 aliphatic rings. The van der Waals surface area contributed by atoms with Gasteiger partial charge in [0.1, 0.15) is 0 Å². The average molecular weight is 214 g/mol. The maximum Gasteiger partial charge on any atom is 0.0691 e. The number of benzene rings is 1. The molecule has 0 nitrogen and oxygen atoms in total. The van der Waals surface area contributed by atoms with Crippen LogP contribution in [0.4, 0.5) is 0 Å². The molecule has 0 unspecified atom stereocenters. The Labute approximate surface area is 94.0 Å². The highest BCUT2D eigenvalue weighted by molar-refractivity contribution is 6.81. The smallest absolute Gasteiger partial charge is 0.0691 e. The molecule has 0 N–H and O–H groups in total. The van der Waals surface area contributed by atoms with Crippen molar-refractivity contribution in [2.75, 3.05) is 0 Å². The fraction of sp³-hybridized carbons (Fsp3) is 0.286. The molecule has 0 bridgehead atoms. The molecule has 1 aromatic carbocycles. The number of hydrogen-bond acceptors (Lipinski definition) is 0. The summed E-state index contributed by atoms with van der Waals surface area (Å²) in [5, 5.41) is 0. The van der Waals surface area contributed by atoms with E-state index in [9.17, 15) is 0 Å². The lowest BCUT2D eigenvalue weighted by atomic mass is 10.1. The molecule has 0 amide bonds. The Bertz CT molecular complexity index is 374. The largest absolute Gasteiger partial charge is 0.120 e. The van der Waals surface area contributed by atoms with Crippen molar-refractivity contribution in [3.63, 3.8) is 0 Å². The Balaban J connectivity index is 3.05. The normalized spacial score (nSPS) is 12.3. The number of terminal acetylenes is 1. The van der Waals surface area contributed by atoms with Crippen molar-refractivity contribution in [1.82, 2.24) is 0 Å². The number of rotatable bonds is 3. The lowest BCUT2D eigenvalue weighted by Crippen LogP contribution is -2.16. The maximum absolute atomic E-state index is 5.41. The van der Waals surface area contributed by atoms with Crippen molar-refractivity contribution in [2.45, 2.75) is 26.1 Å². The Morgan fingerprint density at radius 3 is 2.33 bits per heavy atom. The maximum atomic E-state index is 5.41. The highest BCUT2D eigenvalue weighted by Gasteiger charge is 2.11. The fourth-order valence-corrected chi connectivity index (χ4v) is 2.84. The van der Waals surface area contributed by atoms with Gasteiger partial charge < -0.3 is 0 Å². The van der Waals surface area contributed by atoms with Crippen LogP contribution in [0.1, 0.15) is 12.0 Å². The van der Waals surface area contributed by atoms with Gasteiger partial charge in [-0.1, -0.05) is 55.7 Å². The van der Waals surface area contributed by atoms with E-state index < -0.39 is 8.07 Å². The molecule has 78 valence electrons. The van der Waals surface area contributed by atoms with Gasteiger partial charge in [0.05, 0.1) is 8.07 Å². The second-order valence-electron chi connectivity index (χ2n) is 4.78. The molecule has 0 radical (unpaired) electrons. The molecule has 0 heterocycles. The molecule has 0 aromatic heterocycles. The Kier molecular flexibility index (Phi) is 3.93. The third-order valence-corrected chi connectivity index (χ3v) is 3.26. The lowest BCUT2D eigenvalue weighted by Gasteiger charge is -2.13. The molecule has 0 saturated carbocycles. The van der Waals surface area contributed by atoms with Crippen LogP contribution in [0.5, 0.6) is 0 Å². The van der Waals surface area contributed by atoms with Gasteiger partial charge in [0, 0.05) is 6.42 Å². The molecule has 15 heavy (non-hydrogen) atoms. The molecule has 1 aromatic rings. The van der Waals surface area contributed by atoms with Gasteiger partial charge in [-0.3, -0.25) is 0 Å². The molecular weight excluding hydrogens is 196 g/mol. The number of hydrogen-bond donors (Lipinski definition) is 0. The van der Waals surface area contributed by atoms with Crippen LogP contribution in [-0.2, 0) is 0 Å². The van der Waals surface area contributed by atoms with Gasteiger partial charge in [-0.2, -0.15) is 0 Å². The molecule has 0 spiro atoms. The summed E-state index contributed by atoms with van der Waals surface area (Å²) in [6, 6.07) is 10.4. The van der Waals surface area contributed by atoms with Crippen LogP contribution in [0.25, 0.3) is 5.57 Å². The predicted molar refractivity (Wildman–Crippen MR) is 71.2 cm³/mol. The summed E-state index contributed by atoms with van der Waals surface area (Å²) in [6.45, 7) is 6.98. The van der Waals surface area contributed by atoms with Crippen LogP contribution < -0.4 is 0 Å². The molecule has 0 atom stereocenters. The quantitative estimate of drug-likeness (QED) is 0.527. The Hall–Kier alpha value is -1.26. The zero-order chi connectivity index (χ0) is 11.3. The Morgan fingerprint density at radius 2 is 1.87 bits per heavy atom. The summed E-state index contributed by atoms with van der Waals surface area (Å²) in [5.74, 6) is 2.74. The second kappa shape index (κ2) is 5.00. The molecule has 0 aliphatic carbocycles. The van der Waals surface area contributed by atoms with Crippen molar-refractivity contribution in [2.24, 2.45) is 0 Å². The highest BCUT2D eigenvalue weighted by atomic mass is 28.3. The number of allylic oxidation sites excluding steroid dienone is 1. The monoisotopic (exact) mass is 214 g/mol. The van der Waals surface area contributed by atoms with E-state index in [1.807, 2.05) is 6.07 Å². The van der Waals surface area contributed by atoms with E-state index in [0.29, 0.717) is 0 Å². The van der Waals surface area contributed by atoms with Gasteiger partial charge in [-0.05, 0) is 11.1 Å². The van der Waals surface area contributed by atoms with Gasteiger partial charge in [0.25, 0.3) is 0 Å². The van der Waals surface area contributed by atoms with E-state index in [0.717, 1.165) is 6.42 Å². The summed E-state index contributed by atoms with van der Waals surface area (Å²) < 4.78 is 0. The van der Waals surface area contributed by atoms with Crippen molar-refractivity contribution < 1.29 is 0 Å². The van der Waals surface area contributed by atoms with E-state index in [4.69, 9.17) is 6.42 Å². The minimum atomic E-state index is -1.20. The topological polar surface area (TPSA) is 0 Å². The molecule has 0 aliphatic heterocycles. The standard InChI is InChI=1S/C14H18Si/c1-5-9-14(12-15(2,3)4)13-10-7-6-8-11-13/h1,6-8,10-12H,9H2,2-4H3/b14-12+. The van der Waals surface area contributed by atoms with Gasteiger partial charge in [0.2, 0.25) is 0 Å². The van der Waals surface area contributed by atoms with Crippen molar-refractivity contribution in [3.8, 4) is 12.3 Å². The van der Waals surface area contributed by atoms with E-state index in [2.05, 4.69) is 55.5 Å². The van der Waals surface area contributed by atoms with Crippen molar-refractivity contribution >= 4 is 13.6 Å². The van der Waals surface area contributed by atoms with E-state index in [-0.39, 0.29) is 0 Å². The van der Waals surface area contributed by atoms with Crippen LogP contribution in [0, 0.1) is 12.3 Å². The lowest BCUT2D eigenvalue weighted by molar-refractivity contribution is 1.45. The minimum Gasteiger partial charge on any atom is -0.120 e. The Morgan fingerprint density at radius 1 is 1.27 bits per heavy atom. The first-order valence-electron chi connectivity index (χ1n) is 5.23. The van der Waals surface area contributed by atoms with Crippen LogP contribution >= 0.6 is 0 Å². The summed E-state index contributed by atoms with van der Waals surface area (Å²) in [6.07, 6.45) is 6.14. The van der Waals surface area contributed by atoms with Gasteiger partial charge in [-0.25, -0.2) is 0 Å². The SMILES string of the molecule is C#CC/C(=C\[Si](C)(C)C)c1ccccc1. The minimum absolute atomic E-state index is 0.730. The zero-order valence-electron chi connectivity index (χ0n) is 9.75. The highest BCUT2D eigenvalue weighted by Crippen LogP contribution is 2.20. The first kappa shape index (κ1) is 11.8. The first-order chi connectivity index (χ1) is 7.03. The molecular formula is C14H18Si. The van der Waals surface area contributed by atoms with Gasteiger partial charge >= 0.3 is 0 Å². The van der Waals surface area contributed by atoms with Crippen molar-refractivity contribution in [3.05, 3.63) is 41.6 Å². The third-order valence-electron chi connectivity index (χ3n) is 2.04. The summed E-state index contributed by atoms with van der Waals surface area (Å²) in [5.41, 5.74) is 4.96. The van der Waals surface area contributed by atoms with E-state index >= 15 is 0 Å². The summed E-state index contributed by atoms with van der Waals surface area (Å²) in [4.78, 5) is 0. The molecule has 0 fully saturated rings. The molecule has 1 heteroatoms. The fourth-order valence-electron chi connectivity index (χ4n) is 1.52. The van der Waals surface area contributed by atoms with Gasteiger partial charge in [-0.15, -0.1) is 12.3 Å². The van der Waals surface area contributed by atoms with Crippen LogP contribution in [0.15, 0.2) is 36.0 Å². The average Bonchev–Trinajstić information content (AvgIpc) is 2.17. The second-order valence-corrected chi connectivity index (χ2v) is 9.80. The predicted octanol–water partition coefficient (Wildman–Crippen LogP) is 3.97. The van der Waals surface area contributed by atoms with E-state index in [1.54, 1.807) is 0 Å². The molecule has 0 saturated heterocycles. The molecule has 1 rings (SSSR count). The summed E-state index contributed by atoms with van der Waals surface area (Å²) >= 11 is 0. The zero-order valence-corrected chi connectivity index (χ0v) is 10.7. The van der Waals surface area contributed by atoms with Crippen LogP contribution in [0.3, 0.4) is 0 Å². The summed E-state index contributed by atoms with van der Waals surface area (Å²) in [7, 11) is -1.20. The van der Waals surface area contributed by atoms with E-state index in [1.165, 1.54) is 11.1 Å². The van der Waals surface area contributed by atoms with Gasteiger partial charge in [0.15, 0.2) is 0 Å². The third kappa shape index (κ3) is 4.18. The van der Waals surface area contributed by atoms with Crippen LogP contribution in [0.2, 0.25) is 19.6 Å².